The maximum absolute atomic E-state index is 10.8. The monoisotopic (exact) mass is 180 g/mol. The highest BCUT2D eigenvalue weighted by Crippen LogP contribution is 2.20. The van der Waals surface area contributed by atoms with Crippen molar-refractivity contribution in [3.63, 3.8) is 0 Å². The summed E-state index contributed by atoms with van der Waals surface area (Å²) in [7, 11) is 0. The Balaban J connectivity index is 2.33. The highest BCUT2D eigenvalue weighted by atomic mass is 32.2. The van der Waals surface area contributed by atoms with E-state index in [9.17, 15) is 4.21 Å². The van der Waals surface area contributed by atoms with Crippen molar-refractivity contribution < 1.29 is 8.39 Å². The van der Waals surface area contributed by atoms with Crippen molar-refractivity contribution in [1.29, 1.82) is 0 Å². The van der Waals surface area contributed by atoms with Crippen molar-refractivity contribution in [2.24, 2.45) is 0 Å². The zero-order chi connectivity index (χ0) is 8.39. The number of hydrogen-bond acceptors (Lipinski definition) is 2. The molecule has 1 aromatic carbocycles. The standard InChI is InChI=1S/C9H8O2S/c10-12-7-9(6-11-12)8-4-2-1-3-5-8/h1-5,7H,6H2. The molecule has 2 rings (SSSR count). The Morgan fingerprint density at radius 2 is 2.00 bits per heavy atom. The van der Waals surface area contributed by atoms with Gasteiger partial charge in [0.1, 0.15) is 0 Å². The molecule has 1 aliphatic heterocycles. The van der Waals surface area contributed by atoms with Crippen LogP contribution in [0.1, 0.15) is 5.56 Å². The summed E-state index contributed by atoms with van der Waals surface area (Å²) in [5.41, 5.74) is 2.09. The van der Waals surface area contributed by atoms with E-state index in [0.29, 0.717) is 6.61 Å². The lowest BCUT2D eigenvalue weighted by Crippen LogP contribution is -1.87. The van der Waals surface area contributed by atoms with E-state index in [4.69, 9.17) is 4.18 Å². The molecular formula is C9H8O2S. The first-order chi connectivity index (χ1) is 5.86. The quantitative estimate of drug-likeness (QED) is 0.657. The van der Waals surface area contributed by atoms with Crippen LogP contribution in [0.25, 0.3) is 5.57 Å². The van der Waals surface area contributed by atoms with Gasteiger partial charge >= 0.3 is 0 Å². The second-order valence-corrected chi connectivity index (χ2v) is 3.52. The van der Waals surface area contributed by atoms with E-state index in [2.05, 4.69) is 0 Å². The minimum atomic E-state index is -1.22. The van der Waals surface area contributed by atoms with Gasteiger partial charge in [0.2, 0.25) is 0 Å². The third-order valence-corrected chi connectivity index (χ3v) is 2.54. The van der Waals surface area contributed by atoms with Crippen molar-refractivity contribution in [1.82, 2.24) is 0 Å². The van der Waals surface area contributed by atoms with Gasteiger partial charge in [-0.1, -0.05) is 30.3 Å². The van der Waals surface area contributed by atoms with Crippen molar-refractivity contribution >= 4 is 16.7 Å². The third-order valence-electron chi connectivity index (χ3n) is 1.71. The van der Waals surface area contributed by atoms with Gasteiger partial charge in [0.05, 0.1) is 6.61 Å². The minimum Gasteiger partial charge on any atom is -0.282 e. The maximum atomic E-state index is 10.8. The second-order valence-electron chi connectivity index (χ2n) is 2.53. The molecule has 0 bridgehead atoms. The summed E-state index contributed by atoms with van der Waals surface area (Å²) in [5.74, 6) is 0. The van der Waals surface area contributed by atoms with Crippen LogP contribution < -0.4 is 0 Å². The summed E-state index contributed by atoms with van der Waals surface area (Å²) in [6.45, 7) is 0.455. The first-order valence-corrected chi connectivity index (χ1v) is 4.80. The molecule has 0 spiro atoms. The first kappa shape index (κ1) is 7.71. The van der Waals surface area contributed by atoms with Crippen molar-refractivity contribution in [3.05, 3.63) is 41.3 Å². The number of hydrogen-bond donors (Lipinski definition) is 0. The predicted molar refractivity (Wildman–Crippen MR) is 48.5 cm³/mol. The zero-order valence-electron chi connectivity index (χ0n) is 6.40. The molecule has 1 heterocycles. The average molecular weight is 180 g/mol. The summed E-state index contributed by atoms with van der Waals surface area (Å²) in [4.78, 5) is 0. The highest BCUT2D eigenvalue weighted by Gasteiger charge is 2.12. The van der Waals surface area contributed by atoms with Gasteiger partial charge in [0, 0.05) is 5.41 Å². The van der Waals surface area contributed by atoms with E-state index >= 15 is 0 Å². The van der Waals surface area contributed by atoms with Crippen LogP contribution in [-0.4, -0.2) is 10.8 Å². The van der Waals surface area contributed by atoms with Crippen molar-refractivity contribution in [2.45, 2.75) is 0 Å². The molecule has 1 aliphatic rings. The van der Waals surface area contributed by atoms with Gasteiger partial charge in [-0.3, -0.25) is 4.18 Å². The smallest absolute Gasteiger partial charge is 0.182 e. The van der Waals surface area contributed by atoms with Crippen molar-refractivity contribution in [2.75, 3.05) is 6.61 Å². The van der Waals surface area contributed by atoms with E-state index in [1.54, 1.807) is 5.41 Å². The van der Waals surface area contributed by atoms with Crippen LogP contribution in [-0.2, 0) is 15.3 Å². The van der Waals surface area contributed by atoms with E-state index in [1.165, 1.54) is 0 Å². The van der Waals surface area contributed by atoms with Crippen LogP contribution >= 0.6 is 0 Å². The van der Waals surface area contributed by atoms with E-state index in [-0.39, 0.29) is 0 Å². The molecule has 0 fully saturated rings. The fraction of sp³-hybridized carbons (Fsp3) is 0.111. The molecule has 0 amide bonds. The molecule has 1 unspecified atom stereocenters. The largest absolute Gasteiger partial charge is 0.282 e. The molecule has 1 aromatic rings. The predicted octanol–water partition coefficient (Wildman–Crippen LogP) is 1.72. The van der Waals surface area contributed by atoms with Crippen LogP contribution in [0.2, 0.25) is 0 Å². The lowest BCUT2D eigenvalue weighted by molar-refractivity contribution is 0.416. The van der Waals surface area contributed by atoms with Gasteiger partial charge in [0.25, 0.3) is 0 Å². The number of rotatable bonds is 1. The van der Waals surface area contributed by atoms with Gasteiger partial charge in [-0.2, -0.15) is 0 Å². The molecular weight excluding hydrogens is 172 g/mol. The summed E-state index contributed by atoms with van der Waals surface area (Å²) >= 11 is -1.22. The van der Waals surface area contributed by atoms with E-state index in [0.717, 1.165) is 11.1 Å². The van der Waals surface area contributed by atoms with E-state index in [1.807, 2.05) is 30.3 Å². The normalized spacial score (nSPS) is 22.3. The molecule has 0 N–H and O–H groups in total. The van der Waals surface area contributed by atoms with Gasteiger partial charge in [-0.15, -0.1) is 0 Å². The van der Waals surface area contributed by atoms with Gasteiger partial charge < -0.3 is 0 Å². The topological polar surface area (TPSA) is 26.3 Å². The van der Waals surface area contributed by atoms with Crippen LogP contribution in [0.3, 0.4) is 0 Å². The first-order valence-electron chi connectivity index (χ1n) is 3.66. The third kappa shape index (κ3) is 1.47. The second kappa shape index (κ2) is 3.21. The zero-order valence-corrected chi connectivity index (χ0v) is 7.21. The fourth-order valence-electron chi connectivity index (χ4n) is 1.11. The molecule has 62 valence electrons. The fourth-order valence-corrected chi connectivity index (χ4v) is 1.86. The van der Waals surface area contributed by atoms with Crippen LogP contribution in [0.4, 0.5) is 0 Å². The van der Waals surface area contributed by atoms with Crippen LogP contribution in [0.15, 0.2) is 35.7 Å². The lowest BCUT2D eigenvalue weighted by atomic mass is 10.1. The Labute approximate surface area is 73.5 Å². The molecule has 0 radical (unpaired) electrons. The summed E-state index contributed by atoms with van der Waals surface area (Å²) in [5, 5.41) is 1.65. The average Bonchev–Trinajstić information content (AvgIpc) is 2.54. The Kier molecular flexibility index (Phi) is 2.06. The maximum Gasteiger partial charge on any atom is 0.182 e. The van der Waals surface area contributed by atoms with Gasteiger partial charge in [-0.25, -0.2) is 4.21 Å². The summed E-state index contributed by atoms with van der Waals surface area (Å²) in [6.07, 6.45) is 0. The molecule has 2 nitrogen and oxygen atoms in total. The Hall–Kier alpha value is -0.930. The van der Waals surface area contributed by atoms with Gasteiger partial charge in [0.15, 0.2) is 11.1 Å². The van der Waals surface area contributed by atoms with Crippen molar-refractivity contribution in [3.8, 4) is 0 Å². The summed E-state index contributed by atoms with van der Waals surface area (Å²) in [6, 6.07) is 9.83. The molecule has 0 aliphatic carbocycles. The molecule has 0 aromatic heterocycles. The number of benzene rings is 1. The van der Waals surface area contributed by atoms with Crippen LogP contribution in [0, 0.1) is 0 Å². The Morgan fingerprint density at radius 1 is 1.25 bits per heavy atom. The molecule has 1 atom stereocenters. The van der Waals surface area contributed by atoms with Crippen LogP contribution in [0.5, 0.6) is 0 Å². The summed E-state index contributed by atoms with van der Waals surface area (Å²) < 4.78 is 15.7. The Bertz CT molecular complexity index is 330. The Morgan fingerprint density at radius 3 is 2.58 bits per heavy atom. The minimum absolute atomic E-state index is 0.455. The molecule has 0 saturated heterocycles. The lowest BCUT2D eigenvalue weighted by Gasteiger charge is -1.97. The SMILES string of the molecule is O=S1C=C(c2ccccc2)CO1. The highest BCUT2D eigenvalue weighted by molar-refractivity contribution is 7.83. The van der Waals surface area contributed by atoms with Gasteiger partial charge in [-0.05, 0) is 11.1 Å². The molecule has 0 saturated carbocycles. The van der Waals surface area contributed by atoms with E-state index < -0.39 is 11.1 Å². The molecule has 3 heteroatoms. The molecule has 12 heavy (non-hydrogen) atoms.